The van der Waals surface area contributed by atoms with E-state index in [0.29, 0.717) is 36.7 Å². The Morgan fingerprint density at radius 2 is 2.13 bits per heavy atom. The van der Waals surface area contributed by atoms with Gasteiger partial charge in [0.05, 0.1) is 33.5 Å². The topological polar surface area (TPSA) is 68.8 Å². The predicted molar refractivity (Wildman–Crippen MR) is 83.3 cm³/mol. The Hall–Kier alpha value is -1.86. The minimum atomic E-state index is -0.480. The minimum Gasteiger partial charge on any atom is -0.493 e. The Balaban J connectivity index is 2.01. The summed E-state index contributed by atoms with van der Waals surface area (Å²) in [5, 5.41) is 6.01. The minimum absolute atomic E-state index is 0.00815. The molecule has 1 aromatic carbocycles. The zero-order chi connectivity index (χ0) is 16.8. The normalized spacial score (nSPS) is 19.0. The summed E-state index contributed by atoms with van der Waals surface area (Å²) in [4.78, 5) is 12.1. The molecule has 23 heavy (non-hydrogen) atoms. The third kappa shape index (κ3) is 4.56. The summed E-state index contributed by atoms with van der Waals surface area (Å²) in [6, 6.07) is 2.31. The van der Waals surface area contributed by atoms with Crippen molar-refractivity contribution >= 4 is 5.91 Å². The van der Waals surface area contributed by atoms with E-state index in [1.807, 2.05) is 0 Å². The average Bonchev–Trinajstić information content (AvgIpc) is 2.55. The molecule has 0 saturated carbocycles. The third-order valence-corrected chi connectivity index (χ3v) is 3.78. The summed E-state index contributed by atoms with van der Waals surface area (Å²) in [7, 11) is 2.93. The number of rotatable bonds is 6. The molecule has 128 valence electrons. The van der Waals surface area contributed by atoms with Crippen molar-refractivity contribution < 1.29 is 23.4 Å². The van der Waals surface area contributed by atoms with E-state index in [0.717, 1.165) is 6.54 Å². The van der Waals surface area contributed by atoms with Gasteiger partial charge in [0, 0.05) is 30.6 Å². The summed E-state index contributed by atoms with van der Waals surface area (Å²) in [6.07, 6.45) is 0.291. The van der Waals surface area contributed by atoms with Gasteiger partial charge in [0.2, 0.25) is 5.91 Å². The summed E-state index contributed by atoms with van der Waals surface area (Å²) in [6.45, 7) is 3.63. The molecular weight excluding hydrogens is 303 g/mol. The van der Waals surface area contributed by atoms with E-state index in [1.54, 1.807) is 13.0 Å². The Kier molecular flexibility index (Phi) is 6.18. The maximum Gasteiger partial charge on any atom is 0.222 e. The van der Waals surface area contributed by atoms with Crippen molar-refractivity contribution in [1.82, 2.24) is 10.6 Å². The Labute approximate surface area is 135 Å². The molecule has 2 N–H and O–H groups in total. The van der Waals surface area contributed by atoms with Gasteiger partial charge in [-0.05, 0) is 13.0 Å². The lowest BCUT2D eigenvalue weighted by Crippen LogP contribution is -2.44. The second-order valence-electron chi connectivity index (χ2n) is 5.45. The largest absolute Gasteiger partial charge is 0.493 e. The van der Waals surface area contributed by atoms with Crippen molar-refractivity contribution in [3.8, 4) is 11.5 Å². The second kappa shape index (κ2) is 8.12. The lowest BCUT2D eigenvalue weighted by Gasteiger charge is -2.24. The number of hydrogen-bond acceptors (Lipinski definition) is 5. The molecule has 2 atom stereocenters. The third-order valence-electron chi connectivity index (χ3n) is 3.78. The lowest BCUT2D eigenvalue weighted by atomic mass is 10.1. The number of amides is 1. The van der Waals surface area contributed by atoms with Crippen LogP contribution in [0.15, 0.2) is 12.1 Å². The SMILES string of the molecule is COc1cc(F)c(C(C)NC(=O)CC2COCCN2)cc1OC. The van der Waals surface area contributed by atoms with Crippen molar-refractivity contribution in [2.24, 2.45) is 0 Å². The fourth-order valence-electron chi connectivity index (χ4n) is 2.55. The van der Waals surface area contributed by atoms with Crippen LogP contribution < -0.4 is 20.1 Å². The number of hydrogen-bond donors (Lipinski definition) is 2. The number of methoxy groups -OCH3 is 2. The molecule has 1 aliphatic rings. The Morgan fingerprint density at radius 1 is 1.43 bits per heavy atom. The number of nitrogens with one attached hydrogen (secondary N) is 2. The number of halogens is 1. The number of benzene rings is 1. The van der Waals surface area contributed by atoms with E-state index in [2.05, 4.69) is 10.6 Å². The van der Waals surface area contributed by atoms with Crippen LogP contribution in [-0.2, 0) is 9.53 Å². The molecule has 0 bridgehead atoms. The van der Waals surface area contributed by atoms with Gasteiger partial charge in [-0.1, -0.05) is 0 Å². The van der Waals surface area contributed by atoms with E-state index >= 15 is 0 Å². The number of ether oxygens (including phenoxy) is 3. The molecule has 2 rings (SSSR count). The molecule has 7 heteroatoms. The highest BCUT2D eigenvalue weighted by molar-refractivity contribution is 5.77. The van der Waals surface area contributed by atoms with Gasteiger partial charge in [-0.25, -0.2) is 4.39 Å². The monoisotopic (exact) mass is 326 g/mol. The van der Waals surface area contributed by atoms with E-state index < -0.39 is 11.9 Å². The van der Waals surface area contributed by atoms with Gasteiger partial charge in [-0.2, -0.15) is 0 Å². The van der Waals surface area contributed by atoms with Gasteiger partial charge in [0.25, 0.3) is 0 Å². The maximum atomic E-state index is 14.2. The predicted octanol–water partition coefficient (Wildman–Crippen LogP) is 1.40. The van der Waals surface area contributed by atoms with Gasteiger partial charge in [0.1, 0.15) is 5.82 Å². The molecule has 6 nitrogen and oxygen atoms in total. The molecule has 1 aliphatic heterocycles. The summed E-state index contributed by atoms with van der Waals surface area (Å²) < 4.78 is 29.7. The second-order valence-corrected chi connectivity index (χ2v) is 5.45. The highest BCUT2D eigenvalue weighted by Gasteiger charge is 2.21. The summed E-state index contributed by atoms with van der Waals surface area (Å²) >= 11 is 0. The van der Waals surface area contributed by atoms with Gasteiger partial charge >= 0.3 is 0 Å². The average molecular weight is 326 g/mol. The Morgan fingerprint density at radius 3 is 2.74 bits per heavy atom. The molecule has 0 spiro atoms. The van der Waals surface area contributed by atoms with Crippen molar-refractivity contribution in [2.45, 2.75) is 25.4 Å². The van der Waals surface area contributed by atoms with Crippen LogP contribution in [0.4, 0.5) is 4.39 Å². The smallest absolute Gasteiger partial charge is 0.222 e. The van der Waals surface area contributed by atoms with Crippen molar-refractivity contribution in [3.05, 3.63) is 23.5 Å². The fourth-order valence-corrected chi connectivity index (χ4v) is 2.55. The first kappa shape index (κ1) is 17.5. The molecule has 2 unspecified atom stereocenters. The van der Waals surface area contributed by atoms with E-state index in [1.165, 1.54) is 20.3 Å². The quantitative estimate of drug-likeness (QED) is 0.827. The van der Waals surface area contributed by atoms with E-state index in [9.17, 15) is 9.18 Å². The molecule has 1 amide bonds. The van der Waals surface area contributed by atoms with Crippen molar-refractivity contribution in [2.75, 3.05) is 34.0 Å². The Bertz CT molecular complexity index is 547. The lowest BCUT2D eigenvalue weighted by molar-refractivity contribution is -0.122. The van der Waals surface area contributed by atoms with Crippen molar-refractivity contribution in [3.63, 3.8) is 0 Å². The van der Waals surface area contributed by atoms with Crippen LogP contribution in [0.1, 0.15) is 24.9 Å². The molecule has 0 radical (unpaired) electrons. The molecule has 1 fully saturated rings. The summed E-state index contributed by atoms with van der Waals surface area (Å²) in [5.74, 6) is 0.132. The van der Waals surface area contributed by atoms with Crippen LogP contribution in [0.5, 0.6) is 11.5 Å². The van der Waals surface area contributed by atoms with Crippen molar-refractivity contribution in [1.29, 1.82) is 0 Å². The van der Waals surface area contributed by atoms with Crippen LogP contribution in [0.2, 0.25) is 0 Å². The number of morpholine rings is 1. The molecular formula is C16H23FN2O4. The summed E-state index contributed by atoms with van der Waals surface area (Å²) in [5.41, 5.74) is 0.351. The van der Waals surface area contributed by atoms with Gasteiger partial charge in [-0.3, -0.25) is 4.79 Å². The zero-order valence-corrected chi connectivity index (χ0v) is 13.6. The van der Waals surface area contributed by atoms with Gasteiger partial charge in [-0.15, -0.1) is 0 Å². The number of carbonyl (C=O) groups excluding carboxylic acids is 1. The first-order valence-corrected chi connectivity index (χ1v) is 7.57. The highest BCUT2D eigenvalue weighted by atomic mass is 19.1. The van der Waals surface area contributed by atoms with E-state index in [-0.39, 0.29) is 11.9 Å². The maximum absolute atomic E-state index is 14.2. The van der Waals surface area contributed by atoms with E-state index in [4.69, 9.17) is 14.2 Å². The standard InChI is InChI=1S/C16H23FN2O4/c1-10(19-16(20)6-11-9-23-5-4-18-11)12-7-14(21-2)15(22-3)8-13(12)17/h7-8,10-11,18H,4-6,9H2,1-3H3,(H,19,20). The highest BCUT2D eigenvalue weighted by Crippen LogP contribution is 2.32. The molecule has 0 aliphatic carbocycles. The first-order valence-electron chi connectivity index (χ1n) is 7.57. The molecule has 1 heterocycles. The number of carbonyl (C=O) groups is 1. The van der Waals surface area contributed by atoms with Gasteiger partial charge in [0.15, 0.2) is 11.5 Å². The molecule has 1 aromatic rings. The van der Waals surface area contributed by atoms with Crippen LogP contribution >= 0.6 is 0 Å². The molecule has 0 aromatic heterocycles. The van der Waals surface area contributed by atoms with Crippen LogP contribution in [0, 0.1) is 5.82 Å². The zero-order valence-electron chi connectivity index (χ0n) is 13.6. The molecule has 1 saturated heterocycles. The van der Waals surface area contributed by atoms with Crippen LogP contribution in [-0.4, -0.2) is 45.9 Å². The van der Waals surface area contributed by atoms with Gasteiger partial charge < -0.3 is 24.8 Å². The van der Waals surface area contributed by atoms with Crippen LogP contribution in [0.25, 0.3) is 0 Å². The fraction of sp³-hybridized carbons (Fsp3) is 0.562. The first-order chi connectivity index (χ1) is 11.0. The van der Waals surface area contributed by atoms with Crippen LogP contribution in [0.3, 0.4) is 0 Å².